The van der Waals surface area contributed by atoms with Gasteiger partial charge in [-0.05, 0) is 26.0 Å². The van der Waals surface area contributed by atoms with Gasteiger partial charge in [-0.1, -0.05) is 0 Å². The van der Waals surface area contributed by atoms with Gasteiger partial charge in [0.15, 0.2) is 0 Å². The van der Waals surface area contributed by atoms with Crippen LogP contribution in [-0.4, -0.2) is 16.2 Å². The van der Waals surface area contributed by atoms with Crippen LogP contribution in [-0.2, 0) is 15.7 Å². The van der Waals surface area contributed by atoms with Crippen molar-refractivity contribution < 1.29 is 4.21 Å². The average molecular weight is 196 g/mol. The monoisotopic (exact) mass is 196 g/mol. The molecule has 0 bridgehead atoms. The average Bonchev–Trinajstić information content (AvgIpc) is 2.30. The largest absolute Gasteiger partial charge is 0.292 e. The Morgan fingerprint density at radius 3 is 2.85 bits per heavy atom. The van der Waals surface area contributed by atoms with Crippen molar-refractivity contribution in [2.45, 2.75) is 18.6 Å². The first kappa shape index (κ1) is 8.69. The van der Waals surface area contributed by atoms with E-state index in [2.05, 4.69) is 4.98 Å². The number of pyridine rings is 1. The number of anilines is 1. The molecule has 1 aliphatic rings. The molecule has 1 aromatic heterocycles. The minimum absolute atomic E-state index is 0.356. The van der Waals surface area contributed by atoms with Gasteiger partial charge in [0.25, 0.3) is 0 Å². The van der Waals surface area contributed by atoms with Crippen LogP contribution in [0.4, 0.5) is 5.69 Å². The zero-order valence-electron chi connectivity index (χ0n) is 7.94. The Bertz CT molecular complexity index is 376. The highest BCUT2D eigenvalue weighted by molar-refractivity contribution is 7.87. The molecule has 0 fully saturated rings. The van der Waals surface area contributed by atoms with Crippen LogP contribution in [0.1, 0.15) is 19.5 Å². The van der Waals surface area contributed by atoms with Crippen LogP contribution < -0.4 is 4.31 Å². The molecule has 0 aliphatic carbocycles. The summed E-state index contributed by atoms with van der Waals surface area (Å²) in [7, 11) is 0.835. The number of rotatable bonds is 0. The highest BCUT2D eigenvalue weighted by atomic mass is 32.2. The molecule has 0 saturated heterocycles. The highest BCUT2D eigenvalue weighted by Crippen LogP contribution is 2.41. The molecule has 0 aromatic carbocycles. The van der Waals surface area contributed by atoms with Crippen LogP contribution in [0, 0.1) is 0 Å². The van der Waals surface area contributed by atoms with E-state index in [-0.39, 0.29) is 4.75 Å². The third kappa shape index (κ3) is 1.01. The van der Waals surface area contributed by atoms with E-state index < -0.39 is 11.0 Å². The molecule has 3 nitrogen and oxygen atoms in total. The number of nitrogens with zero attached hydrogens (tertiary/aromatic N) is 2. The van der Waals surface area contributed by atoms with E-state index in [0.29, 0.717) is 0 Å². The van der Waals surface area contributed by atoms with Crippen molar-refractivity contribution in [3.8, 4) is 0 Å². The van der Waals surface area contributed by atoms with E-state index in [4.69, 9.17) is 0 Å². The Morgan fingerprint density at radius 2 is 2.23 bits per heavy atom. The quantitative estimate of drug-likeness (QED) is 0.629. The van der Waals surface area contributed by atoms with E-state index >= 15 is 0 Å². The van der Waals surface area contributed by atoms with E-state index in [1.165, 1.54) is 0 Å². The van der Waals surface area contributed by atoms with Crippen molar-refractivity contribution in [1.29, 1.82) is 0 Å². The van der Waals surface area contributed by atoms with Crippen LogP contribution in [0.5, 0.6) is 0 Å². The van der Waals surface area contributed by atoms with Gasteiger partial charge in [0.05, 0.1) is 11.4 Å². The molecule has 1 atom stereocenters. The van der Waals surface area contributed by atoms with Crippen molar-refractivity contribution in [3.05, 3.63) is 24.0 Å². The Hall–Kier alpha value is -0.900. The molecule has 1 unspecified atom stereocenters. The number of aromatic nitrogens is 1. The van der Waals surface area contributed by atoms with Crippen LogP contribution in [0.15, 0.2) is 18.3 Å². The molecule has 4 heteroatoms. The summed E-state index contributed by atoms with van der Waals surface area (Å²) in [6.45, 7) is 3.91. The fourth-order valence-corrected chi connectivity index (χ4v) is 2.96. The molecular formula is C9H12N2OS. The normalized spacial score (nSPS) is 24.5. The fraction of sp³-hybridized carbons (Fsp3) is 0.444. The zero-order chi connectivity index (χ0) is 9.64. The first-order valence-corrected chi connectivity index (χ1v) is 5.27. The second-order valence-corrected chi connectivity index (χ2v) is 5.69. The molecule has 1 aromatic rings. The molecule has 2 heterocycles. The van der Waals surface area contributed by atoms with Crippen molar-refractivity contribution in [2.24, 2.45) is 0 Å². The van der Waals surface area contributed by atoms with Gasteiger partial charge in [0, 0.05) is 13.2 Å². The maximum Gasteiger partial charge on any atom is 0.131 e. The van der Waals surface area contributed by atoms with Gasteiger partial charge in [-0.2, -0.15) is 0 Å². The fourth-order valence-electron chi connectivity index (χ4n) is 1.63. The van der Waals surface area contributed by atoms with Crippen LogP contribution in [0.25, 0.3) is 0 Å². The smallest absolute Gasteiger partial charge is 0.131 e. The van der Waals surface area contributed by atoms with Crippen LogP contribution in [0.3, 0.4) is 0 Å². The van der Waals surface area contributed by atoms with Crippen molar-refractivity contribution in [3.63, 3.8) is 0 Å². The minimum atomic E-state index is -1.00. The van der Waals surface area contributed by atoms with E-state index in [9.17, 15) is 4.21 Å². The summed E-state index contributed by atoms with van der Waals surface area (Å²) in [5.41, 5.74) is 1.90. The van der Waals surface area contributed by atoms with Crippen molar-refractivity contribution >= 4 is 16.7 Å². The van der Waals surface area contributed by atoms with Gasteiger partial charge in [-0.15, -0.1) is 0 Å². The molecule has 0 radical (unpaired) electrons. The molecular weight excluding hydrogens is 184 g/mol. The molecule has 0 spiro atoms. The molecule has 1 aliphatic heterocycles. The summed E-state index contributed by atoms with van der Waals surface area (Å²) in [6, 6.07) is 3.82. The second-order valence-electron chi connectivity index (χ2n) is 3.63. The second kappa shape index (κ2) is 2.54. The highest BCUT2D eigenvalue weighted by Gasteiger charge is 2.42. The summed E-state index contributed by atoms with van der Waals surface area (Å²) in [5, 5.41) is 0. The van der Waals surface area contributed by atoms with Crippen molar-refractivity contribution in [2.75, 3.05) is 11.4 Å². The van der Waals surface area contributed by atoms with Gasteiger partial charge < -0.3 is 0 Å². The van der Waals surface area contributed by atoms with Gasteiger partial charge in [-0.25, -0.2) is 4.21 Å². The topological polar surface area (TPSA) is 33.2 Å². The lowest BCUT2D eigenvalue weighted by molar-refractivity contribution is 0.645. The zero-order valence-corrected chi connectivity index (χ0v) is 8.76. The predicted molar refractivity (Wildman–Crippen MR) is 53.8 cm³/mol. The SMILES string of the molecule is CN1c2cccnc2C(C)(C)S1=O. The summed E-state index contributed by atoms with van der Waals surface area (Å²) in [4.78, 5) is 4.28. The Kier molecular flexibility index (Phi) is 1.70. The third-order valence-electron chi connectivity index (χ3n) is 2.38. The van der Waals surface area contributed by atoms with E-state index in [1.807, 2.05) is 33.0 Å². The lowest BCUT2D eigenvalue weighted by Crippen LogP contribution is -2.26. The van der Waals surface area contributed by atoms with Crippen molar-refractivity contribution in [1.82, 2.24) is 4.98 Å². The van der Waals surface area contributed by atoms with E-state index in [1.54, 1.807) is 10.5 Å². The molecule has 13 heavy (non-hydrogen) atoms. The summed E-state index contributed by atoms with van der Waals surface area (Å²) in [5.74, 6) is 0. The standard InChI is InChI=1S/C9H12N2OS/c1-9(2)8-7(5-4-6-10-8)11(3)13(9)12/h4-6H,1-3H3. The number of hydrogen-bond donors (Lipinski definition) is 0. The van der Waals surface area contributed by atoms with E-state index in [0.717, 1.165) is 11.4 Å². The summed E-state index contributed by atoms with van der Waals surface area (Å²) >= 11 is 0. The lowest BCUT2D eigenvalue weighted by atomic mass is 10.1. The molecule has 0 saturated carbocycles. The lowest BCUT2D eigenvalue weighted by Gasteiger charge is -2.16. The maximum atomic E-state index is 11.9. The van der Waals surface area contributed by atoms with Crippen LogP contribution >= 0.6 is 0 Å². The number of hydrogen-bond acceptors (Lipinski definition) is 2. The van der Waals surface area contributed by atoms with Gasteiger partial charge >= 0.3 is 0 Å². The molecule has 2 rings (SSSR count). The summed E-state index contributed by atoms with van der Waals surface area (Å²) in [6.07, 6.45) is 1.75. The predicted octanol–water partition coefficient (Wildman–Crippen LogP) is 1.43. The van der Waals surface area contributed by atoms with Gasteiger partial charge in [0.2, 0.25) is 0 Å². The first-order valence-electron chi connectivity index (χ1n) is 4.16. The summed E-state index contributed by atoms with van der Waals surface area (Å²) < 4.78 is 13.3. The van der Waals surface area contributed by atoms with Gasteiger partial charge in [-0.3, -0.25) is 9.29 Å². The molecule has 0 amide bonds. The Morgan fingerprint density at radius 1 is 1.54 bits per heavy atom. The number of fused-ring (bicyclic) bond motifs is 1. The minimum Gasteiger partial charge on any atom is -0.292 e. The Balaban J connectivity index is 2.68. The Labute approximate surface area is 80.4 Å². The van der Waals surface area contributed by atoms with Gasteiger partial charge in [0.1, 0.15) is 15.7 Å². The molecule has 0 N–H and O–H groups in total. The third-order valence-corrected chi connectivity index (χ3v) is 4.14. The first-order chi connectivity index (χ1) is 6.05. The maximum absolute atomic E-state index is 11.9. The molecule has 70 valence electrons. The van der Waals surface area contributed by atoms with Crippen LogP contribution in [0.2, 0.25) is 0 Å².